The molecule has 1 aromatic heterocycles. The van der Waals surface area contributed by atoms with Crippen molar-refractivity contribution in [2.24, 2.45) is 0 Å². The molecule has 3 amide bonds. The number of hydrogen-bond donors (Lipinski definition) is 3. The number of hydrogen-bond acceptors (Lipinski definition) is 5. The Morgan fingerprint density at radius 3 is 2.46 bits per heavy atom. The number of amides is 3. The zero-order chi connectivity index (χ0) is 18.7. The van der Waals surface area contributed by atoms with E-state index in [9.17, 15) is 9.59 Å². The van der Waals surface area contributed by atoms with Crippen molar-refractivity contribution in [3.8, 4) is 11.5 Å². The van der Waals surface area contributed by atoms with Gasteiger partial charge in [0.05, 0.1) is 5.54 Å². The van der Waals surface area contributed by atoms with Crippen LogP contribution >= 0.6 is 0 Å². The first-order valence-electron chi connectivity index (χ1n) is 8.10. The van der Waals surface area contributed by atoms with Crippen LogP contribution in [-0.4, -0.2) is 38.6 Å². The maximum atomic E-state index is 12.3. The lowest BCUT2D eigenvalue weighted by molar-refractivity contribution is -0.132. The molecule has 3 rings (SSSR count). The molecule has 26 heavy (non-hydrogen) atoms. The lowest BCUT2D eigenvalue weighted by Gasteiger charge is -2.33. The van der Waals surface area contributed by atoms with E-state index >= 15 is 0 Å². The summed E-state index contributed by atoms with van der Waals surface area (Å²) in [7, 11) is 0. The van der Waals surface area contributed by atoms with E-state index in [0.717, 1.165) is 5.56 Å². The van der Waals surface area contributed by atoms with Crippen molar-refractivity contribution >= 4 is 11.9 Å². The van der Waals surface area contributed by atoms with Crippen LogP contribution in [0.25, 0.3) is 0 Å². The summed E-state index contributed by atoms with van der Waals surface area (Å²) >= 11 is 0. The highest BCUT2D eigenvalue weighted by Crippen LogP contribution is 2.28. The zero-order valence-electron chi connectivity index (χ0n) is 14.5. The van der Waals surface area contributed by atoms with Gasteiger partial charge in [0.1, 0.15) is 17.5 Å². The number of benzene rings is 1. The van der Waals surface area contributed by atoms with Gasteiger partial charge in [0.25, 0.3) is 5.91 Å². The lowest BCUT2D eigenvalue weighted by atomic mass is 9.94. The molecule has 0 spiro atoms. The van der Waals surface area contributed by atoms with Crippen molar-refractivity contribution in [1.82, 2.24) is 20.7 Å². The van der Waals surface area contributed by atoms with E-state index in [1.807, 2.05) is 24.3 Å². The monoisotopic (exact) mass is 356 g/mol. The van der Waals surface area contributed by atoms with Gasteiger partial charge in [-0.2, -0.15) is 0 Å². The topological polar surface area (TPSA) is 104 Å². The summed E-state index contributed by atoms with van der Waals surface area (Å²) in [6, 6.07) is 9.67. The van der Waals surface area contributed by atoms with E-state index < -0.39 is 17.5 Å². The number of pyridine rings is 1. The highest BCUT2D eigenvalue weighted by Gasteiger charge is 2.49. The molecular weight excluding hydrogens is 336 g/mol. The highest BCUT2D eigenvalue weighted by atomic mass is 16.5. The third kappa shape index (κ3) is 3.45. The number of ether oxygens (including phenoxy) is 1. The molecule has 1 atom stereocenters. The molecule has 2 heterocycles. The Morgan fingerprint density at radius 2 is 1.85 bits per heavy atom. The van der Waals surface area contributed by atoms with Gasteiger partial charge in [0.2, 0.25) is 0 Å². The highest BCUT2D eigenvalue weighted by molar-refractivity contribution is 5.91. The minimum Gasteiger partial charge on any atom is -0.457 e. The average molecular weight is 356 g/mol. The van der Waals surface area contributed by atoms with Gasteiger partial charge in [-0.25, -0.2) is 10.3 Å². The predicted octanol–water partition coefficient (Wildman–Crippen LogP) is 2.05. The average Bonchev–Trinajstić information content (AvgIpc) is 2.87. The first-order valence-corrected chi connectivity index (χ1v) is 8.10. The fraction of sp³-hybridized carbons (Fsp3) is 0.278. The van der Waals surface area contributed by atoms with Gasteiger partial charge in [-0.15, -0.1) is 0 Å². The first-order chi connectivity index (χ1) is 12.4. The Bertz CT molecular complexity index is 793. The number of nitrogens with one attached hydrogen (secondary N) is 2. The molecule has 0 saturated carbocycles. The minimum atomic E-state index is -0.839. The van der Waals surface area contributed by atoms with Crippen LogP contribution in [0, 0.1) is 0 Å². The molecule has 1 aliphatic rings. The molecule has 8 heteroatoms. The Kier molecular flexibility index (Phi) is 4.77. The van der Waals surface area contributed by atoms with Gasteiger partial charge in [0.15, 0.2) is 0 Å². The normalized spacial score (nSPS) is 18.3. The van der Waals surface area contributed by atoms with Crippen molar-refractivity contribution < 1.29 is 19.5 Å². The third-order valence-electron chi connectivity index (χ3n) is 4.44. The quantitative estimate of drug-likeness (QED) is 0.562. The molecule has 8 nitrogen and oxygen atoms in total. The van der Waals surface area contributed by atoms with Crippen LogP contribution in [0.5, 0.6) is 11.5 Å². The van der Waals surface area contributed by atoms with E-state index in [1.54, 1.807) is 48.8 Å². The third-order valence-corrected chi connectivity index (χ3v) is 4.44. The molecule has 1 saturated heterocycles. The summed E-state index contributed by atoms with van der Waals surface area (Å²) in [6.45, 7) is 3.86. The Labute approximate surface area is 150 Å². The first kappa shape index (κ1) is 17.7. The smallest absolute Gasteiger partial charge is 0.318 e. The molecule has 2 aromatic rings. The summed E-state index contributed by atoms with van der Waals surface area (Å²) < 4.78 is 5.71. The standard InChI is InChI=1S/C18H20N4O4/c1-18(2)15(16(23)21-25)20-17(24)22(18)11-12-3-5-13(6-4-12)26-14-7-9-19-10-8-14/h3-10,15,25H,11H2,1-2H3,(H,20,24)(H,21,23). The maximum absolute atomic E-state index is 12.3. The number of aromatic nitrogens is 1. The summed E-state index contributed by atoms with van der Waals surface area (Å²) in [5.74, 6) is 0.709. The van der Waals surface area contributed by atoms with Crippen LogP contribution in [0.3, 0.4) is 0 Å². The fourth-order valence-corrected chi connectivity index (χ4v) is 2.91. The van der Waals surface area contributed by atoms with Gasteiger partial charge < -0.3 is 15.0 Å². The molecule has 0 aliphatic carbocycles. The van der Waals surface area contributed by atoms with Gasteiger partial charge in [-0.05, 0) is 43.7 Å². The number of carbonyl (C=O) groups is 2. The second-order valence-electron chi connectivity index (χ2n) is 6.53. The van der Waals surface area contributed by atoms with E-state index in [4.69, 9.17) is 9.94 Å². The molecular formula is C18H20N4O4. The number of hydroxylamine groups is 1. The SMILES string of the molecule is CC1(C)C(C(=O)NO)NC(=O)N1Cc1ccc(Oc2ccncc2)cc1. The van der Waals surface area contributed by atoms with Crippen molar-refractivity contribution in [2.75, 3.05) is 0 Å². The van der Waals surface area contributed by atoms with Crippen molar-refractivity contribution in [2.45, 2.75) is 32.0 Å². The summed E-state index contributed by atoms with van der Waals surface area (Å²) in [6.07, 6.45) is 3.30. The minimum absolute atomic E-state index is 0.323. The second kappa shape index (κ2) is 7.01. The Morgan fingerprint density at radius 1 is 1.23 bits per heavy atom. The van der Waals surface area contributed by atoms with Crippen LogP contribution in [0.4, 0.5) is 4.79 Å². The molecule has 1 fully saturated rings. The Hall–Kier alpha value is -3.13. The van der Waals surface area contributed by atoms with Crippen molar-refractivity contribution in [3.63, 3.8) is 0 Å². The van der Waals surface area contributed by atoms with Crippen LogP contribution in [-0.2, 0) is 11.3 Å². The Balaban J connectivity index is 1.70. The number of carbonyl (C=O) groups excluding carboxylic acids is 2. The van der Waals surface area contributed by atoms with Gasteiger partial charge in [0, 0.05) is 18.9 Å². The molecule has 1 aromatic carbocycles. The van der Waals surface area contributed by atoms with Crippen LogP contribution in [0.2, 0.25) is 0 Å². The van der Waals surface area contributed by atoms with Crippen molar-refractivity contribution in [3.05, 3.63) is 54.4 Å². The second-order valence-corrected chi connectivity index (χ2v) is 6.53. The lowest BCUT2D eigenvalue weighted by Crippen LogP contribution is -2.53. The van der Waals surface area contributed by atoms with E-state index in [2.05, 4.69) is 10.3 Å². The van der Waals surface area contributed by atoms with E-state index in [1.165, 1.54) is 0 Å². The van der Waals surface area contributed by atoms with Crippen LogP contribution < -0.4 is 15.5 Å². The van der Waals surface area contributed by atoms with Crippen LogP contribution in [0.1, 0.15) is 19.4 Å². The largest absolute Gasteiger partial charge is 0.457 e. The summed E-state index contributed by atoms with van der Waals surface area (Å²) in [5, 5.41) is 11.4. The van der Waals surface area contributed by atoms with Crippen molar-refractivity contribution in [1.29, 1.82) is 0 Å². The van der Waals surface area contributed by atoms with Gasteiger partial charge in [-0.1, -0.05) is 12.1 Å². The molecule has 136 valence electrons. The van der Waals surface area contributed by atoms with Gasteiger partial charge in [-0.3, -0.25) is 15.0 Å². The maximum Gasteiger partial charge on any atom is 0.318 e. The van der Waals surface area contributed by atoms with Gasteiger partial charge >= 0.3 is 6.03 Å². The van der Waals surface area contributed by atoms with E-state index in [-0.39, 0.29) is 6.03 Å². The van der Waals surface area contributed by atoms with E-state index in [0.29, 0.717) is 18.0 Å². The number of rotatable bonds is 5. The summed E-state index contributed by atoms with van der Waals surface area (Å²) in [4.78, 5) is 29.5. The molecule has 0 radical (unpaired) electrons. The molecule has 1 unspecified atom stereocenters. The zero-order valence-corrected chi connectivity index (χ0v) is 14.5. The van der Waals surface area contributed by atoms with Crippen LogP contribution in [0.15, 0.2) is 48.8 Å². The number of urea groups is 1. The molecule has 1 aliphatic heterocycles. The fourth-order valence-electron chi connectivity index (χ4n) is 2.91. The molecule has 0 bridgehead atoms. The molecule has 3 N–H and O–H groups in total. The predicted molar refractivity (Wildman–Crippen MR) is 92.6 cm³/mol. The number of nitrogens with zero attached hydrogens (tertiary/aromatic N) is 2. The summed E-state index contributed by atoms with van der Waals surface area (Å²) in [5.41, 5.74) is 1.69.